The van der Waals surface area contributed by atoms with Gasteiger partial charge in [0, 0.05) is 0 Å². The summed E-state index contributed by atoms with van der Waals surface area (Å²) in [6.07, 6.45) is -1.00. The number of carbonyl (C=O) groups is 1. The first-order valence-corrected chi connectivity index (χ1v) is 6.41. The molecule has 0 radical (unpaired) electrons. The SMILES string of the molecule is CCOC(=O)C(C)(C)C(O)c1ccc(OC)c(Cl)c1. The molecule has 0 aliphatic carbocycles. The first kappa shape index (κ1) is 15.8. The molecule has 1 unspecified atom stereocenters. The summed E-state index contributed by atoms with van der Waals surface area (Å²) in [5.41, 5.74) is -0.502. The predicted molar refractivity (Wildman–Crippen MR) is 73.4 cm³/mol. The maximum atomic E-state index is 11.8. The van der Waals surface area contributed by atoms with E-state index in [9.17, 15) is 9.90 Å². The monoisotopic (exact) mass is 286 g/mol. The second-order valence-corrected chi connectivity index (χ2v) is 5.15. The molecule has 0 spiro atoms. The molecule has 1 atom stereocenters. The van der Waals surface area contributed by atoms with Crippen LogP contribution in [0.3, 0.4) is 0 Å². The van der Waals surface area contributed by atoms with Crippen molar-refractivity contribution in [3.63, 3.8) is 0 Å². The second kappa shape index (κ2) is 6.26. The van der Waals surface area contributed by atoms with Gasteiger partial charge in [-0.15, -0.1) is 0 Å². The summed E-state index contributed by atoms with van der Waals surface area (Å²) < 4.78 is 10.0. The van der Waals surface area contributed by atoms with Gasteiger partial charge in [-0.05, 0) is 38.5 Å². The predicted octanol–water partition coefficient (Wildman–Crippen LogP) is 2.97. The molecule has 1 rings (SSSR count). The van der Waals surface area contributed by atoms with Crippen LogP contribution in [0.5, 0.6) is 5.75 Å². The smallest absolute Gasteiger partial charge is 0.314 e. The van der Waals surface area contributed by atoms with Gasteiger partial charge in [-0.1, -0.05) is 17.7 Å². The average molecular weight is 287 g/mol. The third kappa shape index (κ3) is 3.39. The van der Waals surface area contributed by atoms with E-state index in [2.05, 4.69) is 0 Å². The Labute approximate surface area is 118 Å². The van der Waals surface area contributed by atoms with Crippen LogP contribution in [-0.2, 0) is 9.53 Å². The second-order valence-electron chi connectivity index (χ2n) is 4.74. The van der Waals surface area contributed by atoms with E-state index in [1.54, 1.807) is 39.0 Å². The number of esters is 1. The zero-order valence-corrected chi connectivity index (χ0v) is 12.3. The van der Waals surface area contributed by atoms with Crippen molar-refractivity contribution in [1.29, 1.82) is 0 Å². The number of hydrogen-bond acceptors (Lipinski definition) is 4. The third-order valence-corrected chi connectivity index (χ3v) is 3.27. The highest BCUT2D eigenvalue weighted by atomic mass is 35.5. The molecule has 1 N–H and O–H groups in total. The minimum Gasteiger partial charge on any atom is -0.495 e. The quantitative estimate of drug-likeness (QED) is 0.846. The maximum absolute atomic E-state index is 11.8. The summed E-state index contributed by atoms with van der Waals surface area (Å²) in [5.74, 6) is 0.0704. The minimum atomic E-state index is -1.05. The van der Waals surface area contributed by atoms with Crippen LogP contribution in [0.4, 0.5) is 0 Å². The van der Waals surface area contributed by atoms with Crippen LogP contribution in [0.2, 0.25) is 5.02 Å². The largest absolute Gasteiger partial charge is 0.495 e. The fourth-order valence-electron chi connectivity index (χ4n) is 1.70. The van der Waals surface area contributed by atoms with Crippen LogP contribution in [0, 0.1) is 5.41 Å². The molecule has 0 heterocycles. The first-order valence-electron chi connectivity index (χ1n) is 6.03. The van der Waals surface area contributed by atoms with Crippen LogP contribution in [0.25, 0.3) is 0 Å². The molecule has 19 heavy (non-hydrogen) atoms. The lowest BCUT2D eigenvalue weighted by Gasteiger charge is -2.28. The fraction of sp³-hybridized carbons (Fsp3) is 0.500. The van der Waals surface area contributed by atoms with Gasteiger partial charge in [0.1, 0.15) is 5.75 Å². The number of aliphatic hydroxyl groups excluding tert-OH is 1. The number of rotatable bonds is 5. The van der Waals surface area contributed by atoms with E-state index < -0.39 is 17.5 Å². The zero-order valence-electron chi connectivity index (χ0n) is 11.6. The highest BCUT2D eigenvalue weighted by Crippen LogP contribution is 2.37. The van der Waals surface area contributed by atoms with Crippen LogP contribution in [0.15, 0.2) is 18.2 Å². The molecule has 1 aromatic carbocycles. The number of hydrogen-bond donors (Lipinski definition) is 1. The van der Waals surface area contributed by atoms with Gasteiger partial charge in [-0.25, -0.2) is 0 Å². The zero-order chi connectivity index (χ0) is 14.6. The third-order valence-electron chi connectivity index (χ3n) is 2.98. The molecule has 0 amide bonds. The van der Waals surface area contributed by atoms with Crippen molar-refractivity contribution >= 4 is 17.6 Å². The van der Waals surface area contributed by atoms with Gasteiger partial charge in [0.05, 0.1) is 30.3 Å². The summed E-state index contributed by atoms with van der Waals surface area (Å²) in [5, 5.41) is 10.7. The molecule has 0 aliphatic heterocycles. The standard InChI is InChI=1S/C14H19ClO4/c1-5-19-13(17)14(2,3)12(16)9-6-7-11(18-4)10(15)8-9/h6-8,12,16H,5H2,1-4H3. The summed E-state index contributed by atoms with van der Waals surface area (Å²) in [7, 11) is 1.51. The Morgan fingerprint density at radius 2 is 2.11 bits per heavy atom. The molecule has 106 valence electrons. The van der Waals surface area contributed by atoms with Gasteiger partial charge in [0.15, 0.2) is 0 Å². The summed E-state index contributed by atoms with van der Waals surface area (Å²) in [6, 6.07) is 4.92. The Hall–Kier alpha value is -1.26. The van der Waals surface area contributed by atoms with Crippen molar-refractivity contribution in [1.82, 2.24) is 0 Å². The summed E-state index contributed by atoms with van der Waals surface area (Å²) >= 11 is 6.01. The minimum absolute atomic E-state index is 0.276. The molecule has 0 bridgehead atoms. The van der Waals surface area contributed by atoms with Crippen LogP contribution in [-0.4, -0.2) is 24.8 Å². The van der Waals surface area contributed by atoms with Crippen LogP contribution >= 0.6 is 11.6 Å². The highest BCUT2D eigenvalue weighted by Gasteiger charge is 2.38. The summed E-state index contributed by atoms with van der Waals surface area (Å²) in [6.45, 7) is 5.27. The number of halogens is 1. The van der Waals surface area contributed by atoms with Crippen molar-refractivity contribution in [3.8, 4) is 5.75 Å². The summed E-state index contributed by atoms with van der Waals surface area (Å²) in [4.78, 5) is 11.8. The Morgan fingerprint density at radius 1 is 1.47 bits per heavy atom. The van der Waals surface area contributed by atoms with Gasteiger partial charge in [0.2, 0.25) is 0 Å². The molecule has 0 saturated carbocycles. The number of carbonyl (C=O) groups excluding carboxylic acids is 1. The maximum Gasteiger partial charge on any atom is 0.314 e. The molecule has 0 aromatic heterocycles. The molecule has 0 aliphatic rings. The Kier molecular flexibility index (Phi) is 5.20. The molecule has 5 heteroatoms. The van der Waals surface area contributed by atoms with Crippen LogP contribution < -0.4 is 4.74 Å². The van der Waals surface area contributed by atoms with E-state index in [1.165, 1.54) is 7.11 Å². The number of methoxy groups -OCH3 is 1. The lowest BCUT2D eigenvalue weighted by molar-refractivity contribution is -0.160. The van der Waals surface area contributed by atoms with E-state index in [4.69, 9.17) is 21.1 Å². The van der Waals surface area contributed by atoms with Crippen molar-refractivity contribution in [2.75, 3.05) is 13.7 Å². The number of benzene rings is 1. The topological polar surface area (TPSA) is 55.8 Å². The van der Waals surface area contributed by atoms with Gasteiger partial charge < -0.3 is 14.6 Å². The highest BCUT2D eigenvalue weighted by molar-refractivity contribution is 6.32. The van der Waals surface area contributed by atoms with E-state index in [0.717, 1.165) is 0 Å². The van der Waals surface area contributed by atoms with Crippen molar-refractivity contribution < 1.29 is 19.4 Å². The van der Waals surface area contributed by atoms with Gasteiger partial charge in [-0.2, -0.15) is 0 Å². The van der Waals surface area contributed by atoms with E-state index >= 15 is 0 Å². The van der Waals surface area contributed by atoms with Crippen LogP contribution in [0.1, 0.15) is 32.4 Å². The lowest BCUT2D eigenvalue weighted by Crippen LogP contribution is -2.33. The number of ether oxygens (including phenoxy) is 2. The molecule has 1 aromatic rings. The van der Waals surface area contributed by atoms with Crippen molar-refractivity contribution in [2.24, 2.45) is 5.41 Å². The van der Waals surface area contributed by atoms with Gasteiger partial charge in [-0.3, -0.25) is 4.79 Å². The van der Waals surface area contributed by atoms with E-state index in [1.807, 2.05) is 0 Å². The van der Waals surface area contributed by atoms with Crippen molar-refractivity contribution in [2.45, 2.75) is 26.9 Å². The van der Waals surface area contributed by atoms with E-state index in [0.29, 0.717) is 16.3 Å². The Balaban J connectivity index is 3.02. The van der Waals surface area contributed by atoms with E-state index in [-0.39, 0.29) is 6.61 Å². The average Bonchev–Trinajstić information content (AvgIpc) is 2.37. The molecule has 0 saturated heterocycles. The lowest BCUT2D eigenvalue weighted by atomic mass is 9.82. The van der Waals surface area contributed by atoms with Gasteiger partial charge >= 0.3 is 5.97 Å². The Morgan fingerprint density at radius 3 is 2.58 bits per heavy atom. The van der Waals surface area contributed by atoms with Crippen molar-refractivity contribution in [3.05, 3.63) is 28.8 Å². The molecule has 4 nitrogen and oxygen atoms in total. The van der Waals surface area contributed by atoms with Gasteiger partial charge in [0.25, 0.3) is 0 Å². The normalized spacial score (nSPS) is 12.9. The first-order chi connectivity index (χ1) is 8.84. The molecular weight excluding hydrogens is 268 g/mol. The Bertz CT molecular complexity index is 457. The fourth-order valence-corrected chi connectivity index (χ4v) is 1.96. The molecule has 0 fully saturated rings. The number of aliphatic hydroxyl groups is 1. The molecular formula is C14H19ClO4.